The van der Waals surface area contributed by atoms with E-state index in [1.54, 1.807) is 0 Å². The van der Waals surface area contributed by atoms with Crippen LogP contribution in [0.1, 0.15) is 47.3 Å². The molecule has 1 aromatic heterocycles. The van der Waals surface area contributed by atoms with Gasteiger partial charge in [-0.3, -0.25) is 9.78 Å². The average molecular weight is 494 g/mol. The van der Waals surface area contributed by atoms with Gasteiger partial charge in [0.1, 0.15) is 0 Å². The first kappa shape index (κ1) is 23.4. The lowest BCUT2D eigenvalue weighted by Crippen LogP contribution is -2.27. The molecule has 0 unspecified atom stereocenters. The summed E-state index contributed by atoms with van der Waals surface area (Å²) in [5.74, 6) is -1.04. The van der Waals surface area contributed by atoms with E-state index in [1.807, 2.05) is 24.3 Å². The summed E-state index contributed by atoms with van der Waals surface area (Å²) >= 11 is 0. The van der Waals surface area contributed by atoms with Gasteiger partial charge in [-0.05, 0) is 74.4 Å². The van der Waals surface area contributed by atoms with Gasteiger partial charge in [-0.2, -0.15) is 4.31 Å². The number of esters is 1. The Kier molecular flexibility index (Phi) is 6.53. The Labute approximate surface area is 204 Å². The van der Waals surface area contributed by atoms with E-state index in [0.717, 1.165) is 60.7 Å². The van der Waals surface area contributed by atoms with Crippen LogP contribution in [0.2, 0.25) is 0 Å². The van der Waals surface area contributed by atoms with Crippen LogP contribution in [0, 0.1) is 0 Å². The summed E-state index contributed by atoms with van der Waals surface area (Å²) in [7, 11) is -3.52. The van der Waals surface area contributed by atoms with Gasteiger partial charge in [0.2, 0.25) is 10.0 Å². The number of nitrogens with one attached hydrogen (secondary N) is 1. The van der Waals surface area contributed by atoms with Crippen molar-refractivity contribution < 1.29 is 22.7 Å². The molecule has 5 rings (SSSR count). The lowest BCUT2D eigenvalue weighted by molar-refractivity contribution is -0.119. The molecular weight excluding hydrogens is 466 g/mol. The van der Waals surface area contributed by atoms with Crippen molar-refractivity contribution in [3.63, 3.8) is 0 Å². The second kappa shape index (κ2) is 9.75. The van der Waals surface area contributed by atoms with Crippen LogP contribution in [-0.2, 0) is 32.4 Å². The number of amides is 1. The predicted octanol–water partition coefficient (Wildman–Crippen LogP) is 3.69. The summed E-state index contributed by atoms with van der Waals surface area (Å²) in [6, 6.07) is 13.5. The molecule has 0 bridgehead atoms. The van der Waals surface area contributed by atoms with E-state index >= 15 is 0 Å². The molecule has 9 heteroatoms. The van der Waals surface area contributed by atoms with E-state index in [2.05, 4.69) is 5.32 Å². The van der Waals surface area contributed by atoms with Crippen molar-refractivity contribution in [2.45, 2.75) is 43.4 Å². The molecule has 0 atom stereocenters. The minimum atomic E-state index is -3.52. The molecule has 35 heavy (non-hydrogen) atoms. The third-order valence-corrected chi connectivity index (χ3v) is 8.46. The number of fused-ring (bicyclic) bond motifs is 2. The summed E-state index contributed by atoms with van der Waals surface area (Å²) in [5, 5.41) is 3.39. The molecule has 2 aromatic carbocycles. The zero-order valence-corrected chi connectivity index (χ0v) is 20.1. The number of pyridine rings is 1. The molecule has 0 saturated carbocycles. The molecule has 1 N–H and O–H groups in total. The Morgan fingerprint density at radius 1 is 0.943 bits per heavy atom. The number of anilines is 1. The number of aromatic nitrogens is 1. The Morgan fingerprint density at radius 2 is 1.66 bits per heavy atom. The fraction of sp³-hybridized carbons (Fsp3) is 0.346. The summed E-state index contributed by atoms with van der Waals surface area (Å²) < 4.78 is 32.2. The minimum Gasteiger partial charge on any atom is -0.452 e. The standard InChI is InChI=1S/C26H27N3O5S/c30-24(27-18-11-13-19(14-12-18)35(32,33)29-15-5-6-16-29)17-34-26(31)25-20-7-1-3-9-22(20)28-23-10-4-2-8-21(23)25/h1,3,7,9,11-14H,2,4-6,8,10,15-17H2,(H,27,30). The molecule has 1 amide bonds. The first-order valence-electron chi connectivity index (χ1n) is 11.9. The maximum absolute atomic E-state index is 13.1. The maximum Gasteiger partial charge on any atom is 0.339 e. The number of carbonyl (C=O) groups is 2. The third-order valence-electron chi connectivity index (χ3n) is 6.55. The van der Waals surface area contributed by atoms with Gasteiger partial charge in [0.25, 0.3) is 5.91 Å². The van der Waals surface area contributed by atoms with Gasteiger partial charge in [-0.1, -0.05) is 18.2 Å². The quantitative estimate of drug-likeness (QED) is 0.525. The molecule has 1 saturated heterocycles. The van der Waals surface area contributed by atoms with E-state index in [0.29, 0.717) is 24.3 Å². The fourth-order valence-corrected chi connectivity index (χ4v) is 6.31. The van der Waals surface area contributed by atoms with Gasteiger partial charge in [0, 0.05) is 29.9 Å². The van der Waals surface area contributed by atoms with Crippen molar-refractivity contribution in [2.24, 2.45) is 0 Å². The summed E-state index contributed by atoms with van der Waals surface area (Å²) in [6.07, 6.45) is 5.33. The van der Waals surface area contributed by atoms with Crippen LogP contribution in [0.5, 0.6) is 0 Å². The first-order valence-corrected chi connectivity index (χ1v) is 13.4. The normalized spacial score (nSPS) is 16.1. The van der Waals surface area contributed by atoms with Crippen LogP contribution in [0.4, 0.5) is 5.69 Å². The summed E-state index contributed by atoms with van der Waals surface area (Å²) in [5.41, 5.74) is 3.51. The number of benzene rings is 2. The summed E-state index contributed by atoms with van der Waals surface area (Å²) in [4.78, 5) is 30.5. The van der Waals surface area contributed by atoms with Gasteiger partial charge in [-0.15, -0.1) is 0 Å². The smallest absolute Gasteiger partial charge is 0.339 e. The number of aryl methyl sites for hydroxylation is 1. The highest BCUT2D eigenvalue weighted by atomic mass is 32.2. The Hall–Kier alpha value is -3.30. The van der Waals surface area contributed by atoms with Crippen LogP contribution in [0.25, 0.3) is 10.9 Å². The number of ether oxygens (including phenoxy) is 1. The topological polar surface area (TPSA) is 106 Å². The molecule has 0 spiro atoms. The SMILES string of the molecule is O=C(COC(=O)c1c2c(nc3ccccc13)CCCC2)Nc1ccc(S(=O)(=O)N2CCCC2)cc1. The molecule has 2 heterocycles. The van der Waals surface area contributed by atoms with E-state index in [4.69, 9.17) is 9.72 Å². The van der Waals surface area contributed by atoms with Crippen LogP contribution in [-0.4, -0.2) is 49.3 Å². The number of nitrogens with zero attached hydrogens (tertiary/aromatic N) is 2. The molecule has 1 fully saturated rings. The van der Waals surface area contributed by atoms with Crippen molar-refractivity contribution >= 4 is 38.5 Å². The monoisotopic (exact) mass is 493 g/mol. The fourth-order valence-electron chi connectivity index (χ4n) is 4.79. The lowest BCUT2D eigenvalue weighted by atomic mass is 9.90. The van der Waals surface area contributed by atoms with Crippen LogP contribution in [0.3, 0.4) is 0 Å². The molecule has 1 aliphatic heterocycles. The largest absolute Gasteiger partial charge is 0.452 e. The highest BCUT2D eigenvalue weighted by molar-refractivity contribution is 7.89. The van der Waals surface area contributed by atoms with E-state index in [-0.39, 0.29) is 4.90 Å². The number of para-hydroxylation sites is 1. The highest BCUT2D eigenvalue weighted by Crippen LogP contribution is 2.30. The zero-order valence-electron chi connectivity index (χ0n) is 19.3. The second-order valence-electron chi connectivity index (χ2n) is 8.90. The number of sulfonamides is 1. The lowest BCUT2D eigenvalue weighted by Gasteiger charge is -2.20. The van der Waals surface area contributed by atoms with Crippen LogP contribution < -0.4 is 5.32 Å². The Balaban J connectivity index is 1.26. The maximum atomic E-state index is 13.1. The molecule has 0 radical (unpaired) electrons. The molecule has 1 aliphatic carbocycles. The van der Waals surface area contributed by atoms with Gasteiger partial charge < -0.3 is 10.1 Å². The van der Waals surface area contributed by atoms with E-state index in [9.17, 15) is 18.0 Å². The van der Waals surface area contributed by atoms with Crippen molar-refractivity contribution in [3.8, 4) is 0 Å². The molecule has 182 valence electrons. The highest BCUT2D eigenvalue weighted by Gasteiger charge is 2.27. The number of hydrogen-bond acceptors (Lipinski definition) is 6. The molecule has 8 nitrogen and oxygen atoms in total. The molecule has 3 aromatic rings. The first-order chi connectivity index (χ1) is 16.9. The van der Waals surface area contributed by atoms with Crippen LogP contribution in [0.15, 0.2) is 53.4 Å². The van der Waals surface area contributed by atoms with Gasteiger partial charge >= 0.3 is 5.97 Å². The van der Waals surface area contributed by atoms with Crippen molar-refractivity contribution in [1.82, 2.24) is 9.29 Å². The van der Waals surface area contributed by atoms with Crippen molar-refractivity contribution in [3.05, 3.63) is 65.4 Å². The Morgan fingerprint density at radius 3 is 2.43 bits per heavy atom. The van der Waals surface area contributed by atoms with Gasteiger partial charge in [0.05, 0.1) is 16.0 Å². The van der Waals surface area contributed by atoms with E-state index < -0.39 is 28.5 Å². The zero-order chi connectivity index (χ0) is 24.4. The van der Waals surface area contributed by atoms with Crippen molar-refractivity contribution in [1.29, 1.82) is 0 Å². The number of rotatable bonds is 6. The predicted molar refractivity (Wildman–Crippen MR) is 132 cm³/mol. The molecular formula is C26H27N3O5S. The van der Waals surface area contributed by atoms with Gasteiger partial charge in [-0.25, -0.2) is 13.2 Å². The van der Waals surface area contributed by atoms with Gasteiger partial charge in [0.15, 0.2) is 6.61 Å². The third kappa shape index (κ3) is 4.78. The Bertz CT molecular complexity index is 1380. The van der Waals surface area contributed by atoms with Crippen molar-refractivity contribution in [2.75, 3.05) is 25.0 Å². The van der Waals surface area contributed by atoms with E-state index in [1.165, 1.54) is 28.6 Å². The average Bonchev–Trinajstić information content (AvgIpc) is 3.42. The van der Waals surface area contributed by atoms with Crippen LogP contribution >= 0.6 is 0 Å². The number of hydrogen-bond donors (Lipinski definition) is 1. The number of carbonyl (C=O) groups excluding carboxylic acids is 2. The minimum absolute atomic E-state index is 0.193. The molecule has 2 aliphatic rings. The summed E-state index contributed by atoms with van der Waals surface area (Å²) in [6.45, 7) is 0.613. The second-order valence-corrected chi connectivity index (χ2v) is 10.8.